The van der Waals surface area contributed by atoms with E-state index in [0.717, 1.165) is 13.1 Å². The highest BCUT2D eigenvalue weighted by atomic mass is 15.3. The SMILES string of the molecule is CC(C)(C)NCCn1ncc2ccccc21. The molecule has 0 unspecified atom stereocenters. The third-order valence-corrected chi connectivity index (χ3v) is 2.53. The number of nitrogens with one attached hydrogen (secondary N) is 1. The molecule has 0 saturated carbocycles. The summed E-state index contributed by atoms with van der Waals surface area (Å²) in [6.45, 7) is 8.37. The Morgan fingerprint density at radius 1 is 1.25 bits per heavy atom. The molecule has 0 aliphatic heterocycles. The van der Waals surface area contributed by atoms with E-state index < -0.39 is 0 Å². The minimum atomic E-state index is 0.170. The zero-order chi connectivity index (χ0) is 11.6. The van der Waals surface area contributed by atoms with Gasteiger partial charge >= 0.3 is 0 Å². The van der Waals surface area contributed by atoms with Gasteiger partial charge in [-0.25, -0.2) is 0 Å². The standard InChI is InChI=1S/C13H19N3/c1-13(2,3)14-8-9-16-12-7-5-4-6-11(12)10-15-16/h4-7,10,14H,8-9H2,1-3H3. The average molecular weight is 217 g/mol. The molecule has 3 nitrogen and oxygen atoms in total. The lowest BCUT2D eigenvalue weighted by Gasteiger charge is -2.20. The normalized spacial score (nSPS) is 12.2. The van der Waals surface area contributed by atoms with Crippen LogP contribution >= 0.6 is 0 Å². The molecule has 2 rings (SSSR count). The van der Waals surface area contributed by atoms with Crippen LogP contribution in [0.2, 0.25) is 0 Å². The molecule has 0 spiro atoms. The summed E-state index contributed by atoms with van der Waals surface area (Å²) < 4.78 is 2.05. The molecule has 0 fully saturated rings. The molecular weight excluding hydrogens is 198 g/mol. The number of hydrogen-bond acceptors (Lipinski definition) is 2. The number of fused-ring (bicyclic) bond motifs is 1. The van der Waals surface area contributed by atoms with Crippen LogP contribution in [0.5, 0.6) is 0 Å². The molecule has 1 aromatic heterocycles. The first-order valence-electron chi connectivity index (χ1n) is 5.72. The van der Waals surface area contributed by atoms with Crippen LogP contribution in [0.4, 0.5) is 0 Å². The van der Waals surface area contributed by atoms with E-state index in [4.69, 9.17) is 0 Å². The van der Waals surface area contributed by atoms with Crippen LogP contribution in [0.25, 0.3) is 10.9 Å². The van der Waals surface area contributed by atoms with Crippen LogP contribution in [-0.2, 0) is 6.54 Å². The van der Waals surface area contributed by atoms with Gasteiger partial charge in [-0.3, -0.25) is 4.68 Å². The molecule has 1 aromatic carbocycles. The van der Waals surface area contributed by atoms with Crippen molar-refractivity contribution in [2.75, 3.05) is 6.54 Å². The van der Waals surface area contributed by atoms with E-state index in [1.165, 1.54) is 10.9 Å². The van der Waals surface area contributed by atoms with Gasteiger partial charge in [0.25, 0.3) is 0 Å². The lowest BCUT2D eigenvalue weighted by Crippen LogP contribution is -2.37. The Hall–Kier alpha value is -1.35. The maximum atomic E-state index is 4.39. The molecule has 0 radical (unpaired) electrons. The van der Waals surface area contributed by atoms with E-state index in [0.29, 0.717) is 0 Å². The molecule has 0 saturated heterocycles. The molecule has 0 bridgehead atoms. The predicted octanol–water partition coefficient (Wildman–Crippen LogP) is 2.42. The summed E-state index contributed by atoms with van der Waals surface area (Å²) in [6, 6.07) is 8.30. The van der Waals surface area contributed by atoms with Crippen molar-refractivity contribution >= 4 is 10.9 Å². The average Bonchev–Trinajstić information content (AvgIpc) is 2.60. The summed E-state index contributed by atoms with van der Waals surface area (Å²) in [6.07, 6.45) is 1.92. The second-order valence-corrected chi connectivity index (χ2v) is 5.10. The molecule has 2 aromatic rings. The fraction of sp³-hybridized carbons (Fsp3) is 0.462. The molecular formula is C13H19N3. The van der Waals surface area contributed by atoms with E-state index in [1.54, 1.807) is 0 Å². The Balaban J connectivity index is 2.05. The molecule has 0 atom stereocenters. The Morgan fingerprint density at radius 3 is 2.75 bits per heavy atom. The van der Waals surface area contributed by atoms with Crippen molar-refractivity contribution in [3.63, 3.8) is 0 Å². The van der Waals surface area contributed by atoms with Crippen molar-refractivity contribution in [3.05, 3.63) is 30.5 Å². The van der Waals surface area contributed by atoms with Crippen molar-refractivity contribution in [3.8, 4) is 0 Å². The van der Waals surface area contributed by atoms with Crippen LogP contribution in [0.1, 0.15) is 20.8 Å². The van der Waals surface area contributed by atoms with Crippen molar-refractivity contribution < 1.29 is 0 Å². The summed E-state index contributed by atoms with van der Waals surface area (Å²) >= 11 is 0. The van der Waals surface area contributed by atoms with Gasteiger partial charge in [0.15, 0.2) is 0 Å². The van der Waals surface area contributed by atoms with Gasteiger partial charge in [0.2, 0.25) is 0 Å². The molecule has 86 valence electrons. The number of aromatic nitrogens is 2. The van der Waals surface area contributed by atoms with Gasteiger partial charge in [0, 0.05) is 17.5 Å². The van der Waals surface area contributed by atoms with Crippen LogP contribution < -0.4 is 5.32 Å². The second-order valence-electron chi connectivity index (χ2n) is 5.10. The largest absolute Gasteiger partial charge is 0.310 e. The molecule has 3 heteroatoms. The Morgan fingerprint density at radius 2 is 2.00 bits per heavy atom. The van der Waals surface area contributed by atoms with Crippen molar-refractivity contribution in [1.29, 1.82) is 0 Å². The summed E-state index contributed by atoms with van der Waals surface area (Å²) in [7, 11) is 0. The monoisotopic (exact) mass is 217 g/mol. The maximum absolute atomic E-state index is 4.39. The Kier molecular flexibility index (Phi) is 2.97. The minimum Gasteiger partial charge on any atom is -0.310 e. The zero-order valence-electron chi connectivity index (χ0n) is 10.2. The van der Waals surface area contributed by atoms with Crippen LogP contribution in [0.15, 0.2) is 30.5 Å². The molecule has 0 aliphatic rings. The smallest absolute Gasteiger partial charge is 0.0682 e. The van der Waals surface area contributed by atoms with E-state index >= 15 is 0 Å². The zero-order valence-corrected chi connectivity index (χ0v) is 10.2. The Labute approximate surface area is 96.5 Å². The van der Waals surface area contributed by atoms with E-state index in [9.17, 15) is 0 Å². The summed E-state index contributed by atoms with van der Waals surface area (Å²) in [4.78, 5) is 0. The number of para-hydroxylation sites is 1. The third kappa shape index (κ3) is 2.61. The fourth-order valence-corrected chi connectivity index (χ4v) is 1.74. The van der Waals surface area contributed by atoms with Gasteiger partial charge in [0.1, 0.15) is 0 Å². The maximum Gasteiger partial charge on any atom is 0.0682 e. The van der Waals surface area contributed by atoms with E-state index in [1.807, 2.05) is 16.9 Å². The quantitative estimate of drug-likeness (QED) is 0.855. The first kappa shape index (κ1) is 11.1. The van der Waals surface area contributed by atoms with E-state index in [2.05, 4.69) is 49.4 Å². The highest BCUT2D eigenvalue weighted by Crippen LogP contribution is 2.12. The number of benzene rings is 1. The van der Waals surface area contributed by atoms with Crippen molar-refractivity contribution in [1.82, 2.24) is 15.1 Å². The van der Waals surface area contributed by atoms with Crippen molar-refractivity contribution in [2.45, 2.75) is 32.9 Å². The predicted molar refractivity (Wildman–Crippen MR) is 67.5 cm³/mol. The highest BCUT2D eigenvalue weighted by molar-refractivity contribution is 5.78. The molecule has 0 aliphatic carbocycles. The lowest BCUT2D eigenvalue weighted by atomic mass is 10.1. The molecule has 16 heavy (non-hydrogen) atoms. The fourth-order valence-electron chi connectivity index (χ4n) is 1.74. The number of hydrogen-bond donors (Lipinski definition) is 1. The van der Waals surface area contributed by atoms with Gasteiger partial charge in [-0.05, 0) is 26.8 Å². The van der Waals surface area contributed by atoms with Crippen LogP contribution in [0.3, 0.4) is 0 Å². The van der Waals surface area contributed by atoms with Gasteiger partial charge in [0.05, 0.1) is 18.3 Å². The van der Waals surface area contributed by atoms with Gasteiger partial charge in [-0.1, -0.05) is 18.2 Å². The van der Waals surface area contributed by atoms with Crippen LogP contribution in [-0.4, -0.2) is 21.9 Å². The summed E-state index contributed by atoms with van der Waals surface area (Å²) in [5.74, 6) is 0. The first-order valence-corrected chi connectivity index (χ1v) is 5.72. The topological polar surface area (TPSA) is 29.9 Å². The van der Waals surface area contributed by atoms with Crippen LogP contribution in [0, 0.1) is 0 Å². The van der Waals surface area contributed by atoms with Gasteiger partial charge < -0.3 is 5.32 Å². The van der Waals surface area contributed by atoms with Crippen molar-refractivity contribution in [2.24, 2.45) is 0 Å². The summed E-state index contributed by atoms with van der Waals surface area (Å²) in [5, 5.41) is 9.06. The number of nitrogens with zero attached hydrogens (tertiary/aromatic N) is 2. The number of rotatable bonds is 3. The first-order chi connectivity index (χ1) is 7.56. The highest BCUT2D eigenvalue weighted by Gasteiger charge is 2.08. The molecule has 1 heterocycles. The molecule has 1 N–H and O–H groups in total. The minimum absolute atomic E-state index is 0.170. The van der Waals surface area contributed by atoms with Gasteiger partial charge in [-0.15, -0.1) is 0 Å². The third-order valence-electron chi connectivity index (χ3n) is 2.53. The lowest BCUT2D eigenvalue weighted by molar-refractivity contribution is 0.407. The molecule has 0 amide bonds. The Bertz CT molecular complexity index is 465. The van der Waals surface area contributed by atoms with E-state index in [-0.39, 0.29) is 5.54 Å². The van der Waals surface area contributed by atoms with Gasteiger partial charge in [-0.2, -0.15) is 5.10 Å². The second kappa shape index (κ2) is 4.26. The summed E-state index contributed by atoms with van der Waals surface area (Å²) in [5.41, 5.74) is 1.38.